The summed E-state index contributed by atoms with van der Waals surface area (Å²) >= 11 is 0. The van der Waals surface area contributed by atoms with Gasteiger partial charge in [0.05, 0.1) is 16.8 Å². The zero-order valence-corrected chi connectivity index (χ0v) is 13.8. The number of fused-ring (bicyclic) bond motifs is 1. The number of amides is 1. The molecule has 1 heterocycles. The van der Waals surface area contributed by atoms with E-state index in [9.17, 15) is 9.90 Å². The smallest absolute Gasteiger partial charge is 0.253 e. The fourth-order valence-electron chi connectivity index (χ4n) is 3.48. The Balaban J connectivity index is 1.86. The lowest BCUT2D eigenvalue weighted by molar-refractivity contribution is 0.0872. The highest BCUT2D eigenvalue weighted by Gasteiger charge is 2.26. The summed E-state index contributed by atoms with van der Waals surface area (Å²) in [6.07, 6.45) is 4.16. The zero-order valence-electron chi connectivity index (χ0n) is 13.8. The highest BCUT2D eigenvalue weighted by Crippen LogP contribution is 2.25. The molecule has 0 bridgehead atoms. The minimum Gasteiger partial charge on any atom is -0.396 e. The molecular weight excluding hydrogens is 288 g/mol. The van der Waals surface area contributed by atoms with Crippen molar-refractivity contribution in [1.29, 1.82) is 0 Å². The molecule has 3 rings (SSSR count). The molecule has 1 amide bonds. The first kappa shape index (κ1) is 15.9. The van der Waals surface area contributed by atoms with Crippen molar-refractivity contribution in [3.05, 3.63) is 41.1 Å². The van der Waals surface area contributed by atoms with Crippen molar-refractivity contribution >= 4 is 16.8 Å². The molecule has 0 spiro atoms. The van der Waals surface area contributed by atoms with Crippen LogP contribution in [0.2, 0.25) is 0 Å². The van der Waals surface area contributed by atoms with E-state index < -0.39 is 0 Å². The van der Waals surface area contributed by atoms with Crippen molar-refractivity contribution in [3.63, 3.8) is 0 Å². The van der Waals surface area contributed by atoms with Crippen molar-refractivity contribution < 1.29 is 9.90 Å². The summed E-state index contributed by atoms with van der Waals surface area (Å²) in [5.41, 5.74) is 3.44. The molecular formula is C19H24N2O2. The van der Waals surface area contributed by atoms with E-state index in [-0.39, 0.29) is 24.5 Å². The molecule has 0 radical (unpaired) electrons. The van der Waals surface area contributed by atoms with Crippen LogP contribution >= 0.6 is 0 Å². The quantitative estimate of drug-likeness (QED) is 0.915. The predicted molar refractivity (Wildman–Crippen MR) is 91.5 cm³/mol. The molecule has 1 aliphatic rings. The molecule has 1 saturated carbocycles. The number of aryl methyl sites for hydroxylation is 2. The van der Waals surface area contributed by atoms with Gasteiger partial charge in [-0.25, -0.2) is 0 Å². The monoisotopic (exact) mass is 312 g/mol. The van der Waals surface area contributed by atoms with E-state index >= 15 is 0 Å². The van der Waals surface area contributed by atoms with Gasteiger partial charge in [0.2, 0.25) is 0 Å². The minimum absolute atomic E-state index is 0.0638. The third-order valence-electron chi connectivity index (χ3n) is 4.87. The first-order chi connectivity index (χ1) is 11.1. The van der Waals surface area contributed by atoms with Crippen LogP contribution in [0.25, 0.3) is 10.9 Å². The Morgan fingerprint density at radius 3 is 2.83 bits per heavy atom. The number of nitrogens with one attached hydrogen (secondary N) is 1. The van der Waals surface area contributed by atoms with Crippen molar-refractivity contribution in [2.45, 2.75) is 45.6 Å². The zero-order chi connectivity index (χ0) is 16.4. The number of hydrogen-bond acceptors (Lipinski definition) is 3. The van der Waals surface area contributed by atoms with Crippen LogP contribution in [-0.2, 0) is 0 Å². The second-order valence-corrected chi connectivity index (χ2v) is 6.62. The standard InChI is InChI=1S/C19H24N2O2/c1-12-7-8-18-15(9-12)10-16(13(2)20-18)19(23)21-17-6-4-3-5-14(17)11-22/h7-10,14,17,22H,3-6,11H2,1-2H3,(H,21,23). The van der Waals surface area contributed by atoms with Gasteiger partial charge in [0.25, 0.3) is 5.91 Å². The Labute approximate surface area is 136 Å². The summed E-state index contributed by atoms with van der Waals surface area (Å²) < 4.78 is 0. The van der Waals surface area contributed by atoms with Gasteiger partial charge in [-0.3, -0.25) is 9.78 Å². The van der Waals surface area contributed by atoms with E-state index in [0.717, 1.165) is 47.8 Å². The van der Waals surface area contributed by atoms with Crippen LogP contribution in [0.15, 0.2) is 24.3 Å². The number of nitrogens with zero attached hydrogens (tertiary/aromatic N) is 1. The fourth-order valence-corrected chi connectivity index (χ4v) is 3.48. The van der Waals surface area contributed by atoms with Gasteiger partial charge in [-0.1, -0.05) is 24.5 Å². The number of benzene rings is 1. The molecule has 1 aromatic heterocycles. The average molecular weight is 312 g/mol. The minimum atomic E-state index is -0.0799. The Morgan fingerprint density at radius 1 is 1.26 bits per heavy atom. The Bertz CT molecular complexity index is 727. The molecule has 4 heteroatoms. The van der Waals surface area contributed by atoms with Crippen LogP contribution in [0.3, 0.4) is 0 Å². The second-order valence-electron chi connectivity index (χ2n) is 6.62. The lowest BCUT2D eigenvalue weighted by Crippen LogP contribution is -2.43. The molecule has 2 atom stereocenters. The topological polar surface area (TPSA) is 62.2 Å². The van der Waals surface area contributed by atoms with Crippen LogP contribution in [0, 0.1) is 19.8 Å². The molecule has 122 valence electrons. The maximum absolute atomic E-state index is 12.7. The molecule has 0 saturated heterocycles. The van der Waals surface area contributed by atoms with Gasteiger partial charge >= 0.3 is 0 Å². The Kier molecular flexibility index (Phi) is 4.62. The van der Waals surface area contributed by atoms with Gasteiger partial charge in [0, 0.05) is 24.0 Å². The Hall–Kier alpha value is -1.94. The van der Waals surface area contributed by atoms with Crippen LogP contribution in [-0.4, -0.2) is 28.6 Å². The van der Waals surface area contributed by atoms with Crippen LogP contribution < -0.4 is 5.32 Å². The van der Waals surface area contributed by atoms with Crippen LogP contribution in [0.1, 0.15) is 47.3 Å². The Morgan fingerprint density at radius 2 is 2.04 bits per heavy atom. The number of carbonyl (C=O) groups excluding carboxylic acids is 1. The van der Waals surface area contributed by atoms with Gasteiger partial charge < -0.3 is 10.4 Å². The highest BCUT2D eigenvalue weighted by atomic mass is 16.3. The van der Waals surface area contributed by atoms with Crippen LogP contribution in [0.5, 0.6) is 0 Å². The number of aliphatic hydroxyl groups is 1. The van der Waals surface area contributed by atoms with Crippen LogP contribution in [0.4, 0.5) is 0 Å². The third-order valence-corrected chi connectivity index (χ3v) is 4.87. The molecule has 1 fully saturated rings. The first-order valence-corrected chi connectivity index (χ1v) is 8.38. The van der Waals surface area contributed by atoms with E-state index in [1.54, 1.807) is 0 Å². The SMILES string of the molecule is Cc1ccc2nc(C)c(C(=O)NC3CCCCC3CO)cc2c1. The van der Waals surface area contributed by atoms with E-state index in [1.165, 1.54) is 0 Å². The van der Waals surface area contributed by atoms with Gasteiger partial charge in [0.15, 0.2) is 0 Å². The molecule has 1 aromatic carbocycles. The summed E-state index contributed by atoms with van der Waals surface area (Å²) in [5, 5.41) is 13.6. The number of hydrogen-bond donors (Lipinski definition) is 2. The van der Waals surface area contributed by atoms with Crippen molar-refractivity contribution in [3.8, 4) is 0 Å². The number of aromatic nitrogens is 1. The lowest BCUT2D eigenvalue weighted by atomic mass is 9.85. The van der Waals surface area contributed by atoms with E-state index in [1.807, 2.05) is 32.0 Å². The number of rotatable bonds is 3. The summed E-state index contributed by atoms with van der Waals surface area (Å²) in [7, 11) is 0. The van der Waals surface area contributed by atoms with E-state index in [4.69, 9.17) is 0 Å². The number of pyridine rings is 1. The van der Waals surface area contributed by atoms with Gasteiger partial charge in [-0.05, 0) is 44.9 Å². The molecule has 2 N–H and O–H groups in total. The maximum Gasteiger partial charge on any atom is 0.253 e. The lowest BCUT2D eigenvalue weighted by Gasteiger charge is -2.31. The van der Waals surface area contributed by atoms with Gasteiger partial charge in [-0.15, -0.1) is 0 Å². The second kappa shape index (κ2) is 6.67. The first-order valence-electron chi connectivity index (χ1n) is 8.38. The molecule has 1 aliphatic carbocycles. The maximum atomic E-state index is 12.7. The molecule has 23 heavy (non-hydrogen) atoms. The molecule has 0 aliphatic heterocycles. The molecule has 2 aromatic rings. The summed E-state index contributed by atoms with van der Waals surface area (Å²) in [6.45, 7) is 4.05. The number of aliphatic hydroxyl groups excluding tert-OH is 1. The normalized spacial score (nSPS) is 21.3. The average Bonchev–Trinajstić information content (AvgIpc) is 2.55. The molecule has 2 unspecified atom stereocenters. The van der Waals surface area contributed by atoms with E-state index in [0.29, 0.717) is 5.56 Å². The third kappa shape index (κ3) is 3.37. The van der Waals surface area contributed by atoms with Crippen molar-refractivity contribution in [1.82, 2.24) is 10.3 Å². The summed E-state index contributed by atoms with van der Waals surface area (Å²) in [5.74, 6) is 0.0902. The highest BCUT2D eigenvalue weighted by molar-refractivity contribution is 5.98. The summed E-state index contributed by atoms with van der Waals surface area (Å²) in [4.78, 5) is 17.3. The van der Waals surface area contributed by atoms with Gasteiger partial charge in [-0.2, -0.15) is 0 Å². The van der Waals surface area contributed by atoms with Gasteiger partial charge in [0.1, 0.15) is 0 Å². The predicted octanol–water partition coefficient (Wildman–Crippen LogP) is 3.13. The largest absolute Gasteiger partial charge is 0.396 e. The molecule has 4 nitrogen and oxygen atoms in total. The van der Waals surface area contributed by atoms with Crippen molar-refractivity contribution in [2.24, 2.45) is 5.92 Å². The number of carbonyl (C=O) groups is 1. The summed E-state index contributed by atoms with van der Waals surface area (Å²) in [6, 6.07) is 8.06. The van der Waals surface area contributed by atoms with Crippen molar-refractivity contribution in [2.75, 3.05) is 6.61 Å². The van der Waals surface area contributed by atoms with E-state index in [2.05, 4.69) is 16.4 Å². The fraction of sp³-hybridized carbons (Fsp3) is 0.474.